The van der Waals surface area contributed by atoms with Gasteiger partial charge in [-0.25, -0.2) is 0 Å². The number of nitrogens with zero attached hydrogens (tertiary/aromatic N) is 1. The van der Waals surface area contributed by atoms with Gasteiger partial charge in [-0.05, 0) is 52.0 Å². The summed E-state index contributed by atoms with van der Waals surface area (Å²) in [6.45, 7) is 4.73. The average Bonchev–Trinajstić information content (AvgIpc) is 2.42. The molecule has 0 bridgehead atoms. The van der Waals surface area contributed by atoms with Crippen LogP contribution >= 0.6 is 0 Å². The SMILES string of the molecule is Cc1ccc(NC(=O)C2CCCNC2)c(CN(C)C)c1. The van der Waals surface area contributed by atoms with E-state index in [1.54, 1.807) is 0 Å². The summed E-state index contributed by atoms with van der Waals surface area (Å²) in [5.41, 5.74) is 3.34. The summed E-state index contributed by atoms with van der Waals surface area (Å²) in [7, 11) is 4.08. The summed E-state index contributed by atoms with van der Waals surface area (Å²) in [4.78, 5) is 14.4. The molecule has 1 heterocycles. The molecule has 4 heteroatoms. The molecule has 2 N–H and O–H groups in total. The number of hydrogen-bond donors (Lipinski definition) is 2. The van der Waals surface area contributed by atoms with Crippen molar-refractivity contribution in [2.45, 2.75) is 26.3 Å². The lowest BCUT2D eigenvalue weighted by Crippen LogP contribution is -2.37. The number of hydrogen-bond acceptors (Lipinski definition) is 3. The summed E-state index contributed by atoms with van der Waals surface area (Å²) >= 11 is 0. The molecule has 1 fully saturated rings. The van der Waals surface area contributed by atoms with Crippen molar-refractivity contribution in [3.63, 3.8) is 0 Å². The summed E-state index contributed by atoms with van der Waals surface area (Å²) in [6, 6.07) is 6.21. The predicted molar refractivity (Wildman–Crippen MR) is 82.8 cm³/mol. The van der Waals surface area contributed by atoms with E-state index in [9.17, 15) is 4.79 Å². The second kappa shape index (κ2) is 6.86. The third-order valence-electron chi connectivity index (χ3n) is 3.67. The minimum absolute atomic E-state index is 0.0947. The third-order valence-corrected chi connectivity index (χ3v) is 3.67. The fourth-order valence-corrected chi connectivity index (χ4v) is 2.63. The van der Waals surface area contributed by atoms with Gasteiger partial charge in [0, 0.05) is 18.8 Å². The van der Waals surface area contributed by atoms with E-state index >= 15 is 0 Å². The van der Waals surface area contributed by atoms with Gasteiger partial charge in [-0.2, -0.15) is 0 Å². The molecule has 0 saturated carbocycles. The summed E-state index contributed by atoms with van der Waals surface area (Å²) < 4.78 is 0. The second-order valence-corrected chi connectivity index (χ2v) is 5.93. The molecule has 4 nitrogen and oxygen atoms in total. The number of rotatable bonds is 4. The van der Waals surface area contributed by atoms with Crippen molar-refractivity contribution >= 4 is 11.6 Å². The number of carbonyl (C=O) groups is 1. The second-order valence-electron chi connectivity index (χ2n) is 5.93. The Hall–Kier alpha value is -1.39. The van der Waals surface area contributed by atoms with Gasteiger partial charge in [0.25, 0.3) is 0 Å². The number of piperidine rings is 1. The summed E-state index contributed by atoms with van der Waals surface area (Å²) in [5.74, 6) is 0.235. The molecule has 110 valence electrons. The van der Waals surface area contributed by atoms with E-state index in [0.717, 1.165) is 38.2 Å². The van der Waals surface area contributed by atoms with Crippen LogP contribution < -0.4 is 10.6 Å². The Bertz CT molecular complexity index is 465. The van der Waals surface area contributed by atoms with Gasteiger partial charge in [-0.1, -0.05) is 17.7 Å². The van der Waals surface area contributed by atoms with Crippen molar-refractivity contribution in [3.8, 4) is 0 Å². The first-order chi connectivity index (χ1) is 9.56. The van der Waals surface area contributed by atoms with Crippen LogP contribution in [0.2, 0.25) is 0 Å². The minimum Gasteiger partial charge on any atom is -0.326 e. The van der Waals surface area contributed by atoms with Crippen molar-refractivity contribution in [2.75, 3.05) is 32.5 Å². The highest BCUT2D eigenvalue weighted by atomic mass is 16.1. The summed E-state index contributed by atoms with van der Waals surface area (Å²) in [5, 5.41) is 6.40. The van der Waals surface area contributed by atoms with Crippen LogP contribution in [0.3, 0.4) is 0 Å². The van der Waals surface area contributed by atoms with Crippen LogP contribution in [0.5, 0.6) is 0 Å². The molecule has 0 aliphatic carbocycles. The standard InChI is InChI=1S/C16H25N3O/c1-12-6-7-15(14(9-12)11-19(2)3)18-16(20)13-5-4-8-17-10-13/h6-7,9,13,17H,4-5,8,10-11H2,1-3H3,(H,18,20). The number of nitrogens with one attached hydrogen (secondary N) is 2. The van der Waals surface area contributed by atoms with Crippen LogP contribution in [0.4, 0.5) is 5.69 Å². The molecular weight excluding hydrogens is 250 g/mol. The number of benzene rings is 1. The lowest BCUT2D eigenvalue weighted by molar-refractivity contribution is -0.120. The summed E-state index contributed by atoms with van der Waals surface area (Å²) in [6.07, 6.45) is 2.06. The number of carbonyl (C=O) groups excluding carboxylic acids is 1. The minimum atomic E-state index is 0.0947. The number of anilines is 1. The Morgan fingerprint density at radius 1 is 1.45 bits per heavy atom. The largest absolute Gasteiger partial charge is 0.326 e. The van der Waals surface area contributed by atoms with E-state index in [1.807, 2.05) is 26.2 Å². The van der Waals surface area contributed by atoms with E-state index in [2.05, 4.69) is 28.5 Å². The quantitative estimate of drug-likeness (QED) is 0.883. The first kappa shape index (κ1) is 15.0. The average molecular weight is 275 g/mol. The van der Waals surface area contributed by atoms with Gasteiger partial charge in [0.1, 0.15) is 0 Å². The highest BCUT2D eigenvalue weighted by molar-refractivity contribution is 5.93. The van der Waals surface area contributed by atoms with E-state index in [0.29, 0.717) is 0 Å². The van der Waals surface area contributed by atoms with Crippen LogP contribution in [-0.4, -0.2) is 38.0 Å². The van der Waals surface area contributed by atoms with E-state index in [-0.39, 0.29) is 11.8 Å². The van der Waals surface area contributed by atoms with Crippen molar-refractivity contribution in [3.05, 3.63) is 29.3 Å². The normalized spacial score (nSPS) is 19.1. The molecule has 1 atom stereocenters. The maximum Gasteiger partial charge on any atom is 0.228 e. The number of aryl methyl sites for hydroxylation is 1. The van der Waals surface area contributed by atoms with Crippen molar-refractivity contribution in [1.82, 2.24) is 10.2 Å². The maximum atomic E-state index is 12.3. The highest BCUT2D eigenvalue weighted by Gasteiger charge is 2.21. The van der Waals surface area contributed by atoms with Crippen molar-refractivity contribution in [2.24, 2.45) is 5.92 Å². The highest BCUT2D eigenvalue weighted by Crippen LogP contribution is 2.21. The molecule has 1 aromatic carbocycles. The van der Waals surface area contributed by atoms with Gasteiger partial charge in [-0.15, -0.1) is 0 Å². The fraction of sp³-hybridized carbons (Fsp3) is 0.562. The van der Waals surface area contributed by atoms with Crippen LogP contribution in [0.1, 0.15) is 24.0 Å². The Kier molecular flexibility index (Phi) is 5.15. The first-order valence-corrected chi connectivity index (χ1v) is 7.32. The lowest BCUT2D eigenvalue weighted by atomic mass is 9.98. The topological polar surface area (TPSA) is 44.4 Å². The van der Waals surface area contributed by atoms with Crippen LogP contribution in [0.15, 0.2) is 18.2 Å². The Labute approximate surface area is 121 Å². The van der Waals surface area contributed by atoms with Crippen LogP contribution in [0, 0.1) is 12.8 Å². The Morgan fingerprint density at radius 2 is 2.25 bits per heavy atom. The molecule has 0 spiro atoms. The third kappa shape index (κ3) is 4.05. The van der Waals surface area contributed by atoms with Gasteiger partial charge in [0.05, 0.1) is 5.92 Å². The van der Waals surface area contributed by atoms with Crippen molar-refractivity contribution in [1.29, 1.82) is 0 Å². The zero-order chi connectivity index (χ0) is 14.5. The monoisotopic (exact) mass is 275 g/mol. The number of amides is 1. The molecule has 2 rings (SSSR count). The molecule has 20 heavy (non-hydrogen) atoms. The van der Waals surface area contributed by atoms with E-state index in [4.69, 9.17) is 0 Å². The first-order valence-electron chi connectivity index (χ1n) is 7.32. The predicted octanol–water partition coefficient (Wildman–Crippen LogP) is 1.99. The molecule has 1 amide bonds. The van der Waals surface area contributed by atoms with Gasteiger partial charge in [0.2, 0.25) is 5.91 Å². The molecular formula is C16H25N3O. The lowest BCUT2D eigenvalue weighted by Gasteiger charge is -2.23. The zero-order valence-corrected chi connectivity index (χ0v) is 12.7. The molecule has 1 unspecified atom stereocenters. The van der Waals surface area contributed by atoms with E-state index in [1.165, 1.54) is 11.1 Å². The van der Waals surface area contributed by atoms with Gasteiger partial charge < -0.3 is 15.5 Å². The Morgan fingerprint density at radius 3 is 2.90 bits per heavy atom. The molecule has 0 aromatic heterocycles. The fourth-order valence-electron chi connectivity index (χ4n) is 2.63. The van der Waals surface area contributed by atoms with E-state index < -0.39 is 0 Å². The maximum absolute atomic E-state index is 12.3. The van der Waals surface area contributed by atoms with Crippen LogP contribution in [0.25, 0.3) is 0 Å². The van der Waals surface area contributed by atoms with Gasteiger partial charge in [-0.3, -0.25) is 4.79 Å². The van der Waals surface area contributed by atoms with Crippen molar-refractivity contribution < 1.29 is 4.79 Å². The Balaban J connectivity index is 2.09. The molecule has 1 aliphatic heterocycles. The van der Waals surface area contributed by atoms with Crippen LogP contribution in [-0.2, 0) is 11.3 Å². The zero-order valence-electron chi connectivity index (χ0n) is 12.7. The van der Waals surface area contributed by atoms with Gasteiger partial charge in [0.15, 0.2) is 0 Å². The molecule has 1 saturated heterocycles. The smallest absolute Gasteiger partial charge is 0.228 e. The molecule has 1 aromatic rings. The molecule has 0 radical (unpaired) electrons. The molecule has 1 aliphatic rings. The van der Waals surface area contributed by atoms with Gasteiger partial charge >= 0.3 is 0 Å².